The van der Waals surface area contributed by atoms with Gasteiger partial charge in [0.25, 0.3) is 5.91 Å². The standard InChI is InChI=1S/C24H33N5O/c1-5-26-23(30)21-11-9-20(10-12-21)17-27-24(25-4)29-15-13-28(14-16-29)22-8-6-7-18(2)19(22)3/h6-12H,5,13-17H2,1-4H3,(H,25,27)(H,26,30). The zero-order valence-corrected chi connectivity index (χ0v) is 18.5. The lowest BCUT2D eigenvalue weighted by Gasteiger charge is -2.38. The molecule has 0 atom stereocenters. The van der Waals surface area contributed by atoms with Crippen LogP contribution in [-0.4, -0.2) is 56.5 Å². The molecular formula is C24H33N5O. The number of aliphatic imine (C=N–C) groups is 1. The van der Waals surface area contributed by atoms with Gasteiger partial charge in [0.15, 0.2) is 5.96 Å². The molecule has 2 aromatic carbocycles. The van der Waals surface area contributed by atoms with Crippen molar-refractivity contribution in [1.29, 1.82) is 0 Å². The van der Waals surface area contributed by atoms with Crippen molar-refractivity contribution in [3.63, 3.8) is 0 Å². The normalized spacial score (nSPS) is 14.6. The van der Waals surface area contributed by atoms with E-state index in [0.717, 1.165) is 37.7 Å². The van der Waals surface area contributed by atoms with Gasteiger partial charge in [0.2, 0.25) is 0 Å². The fourth-order valence-corrected chi connectivity index (χ4v) is 3.79. The van der Waals surface area contributed by atoms with Crippen LogP contribution in [-0.2, 0) is 6.54 Å². The number of amides is 1. The van der Waals surface area contributed by atoms with E-state index in [1.807, 2.05) is 38.2 Å². The molecule has 1 fully saturated rings. The van der Waals surface area contributed by atoms with Crippen LogP contribution in [0.15, 0.2) is 47.5 Å². The first-order valence-electron chi connectivity index (χ1n) is 10.7. The predicted molar refractivity (Wildman–Crippen MR) is 124 cm³/mol. The lowest BCUT2D eigenvalue weighted by molar-refractivity contribution is 0.0956. The molecule has 30 heavy (non-hydrogen) atoms. The highest BCUT2D eigenvalue weighted by molar-refractivity contribution is 5.94. The Kier molecular flexibility index (Phi) is 7.33. The van der Waals surface area contributed by atoms with E-state index < -0.39 is 0 Å². The lowest BCUT2D eigenvalue weighted by Crippen LogP contribution is -2.52. The van der Waals surface area contributed by atoms with Gasteiger partial charge in [0, 0.05) is 57.6 Å². The molecule has 3 rings (SSSR count). The van der Waals surface area contributed by atoms with Gasteiger partial charge >= 0.3 is 0 Å². The minimum absolute atomic E-state index is 0.0328. The molecule has 0 radical (unpaired) electrons. The molecule has 1 aliphatic rings. The van der Waals surface area contributed by atoms with Crippen LogP contribution in [0.5, 0.6) is 0 Å². The van der Waals surface area contributed by atoms with E-state index in [9.17, 15) is 4.79 Å². The molecule has 1 saturated heterocycles. The van der Waals surface area contributed by atoms with Crippen LogP contribution in [0.2, 0.25) is 0 Å². The minimum atomic E-state index is -0.0328. The molecule has 0 saturated carbocycles. The summed E-state index contributed by atoms with van der Waals surface area (Å²) in [6.45, 7) is 11.4. The van der Waals surface area contributed by atoms with E-state index in [1.54, 1.807) is 0 Å². The molecule has 2 aromatic rings. The minimum Gasteiger partial charge on any atom is -0.368 e. The number of nitrogens with one attached hydrogen (secondary N) is 2. The Morgan fingerprint density at radius 3 is 2.33 bits per heavy atom. The number of carbonyl (C=O) groups excluding carboxylic acids is 1. The highest BCUT2D eigenvalue weighted by Gasteiger charge is 2.21. The molecule has 0 bridgehead atoms. The second-order valence-electron chi connectivity index (χ2n) is 7.65. The largest absolute Gasteiger partial charge is 0.368 e. The first kappa shape index (κ1) is 21.7. The Morgan fingerprint density at radius 1 is 1.00 bits per heavy atom. The van der Waals surface area contributed by atoms with Crippen molar-refractivity contribution < 1.29 is 4.79 Å². The summed E-state index contributed by atoms with van der Waals surface area (Å²) in [7, 11) is 1.83. The molecule has 1 aliphatic heterocycles. The van der Waals surface area contributed by atoms with Crippen LogP contribution >= 0.6 is 0 Å². The van der Waals surface area contributed by atoms with Gasteiger partial charge in [-0.3, -0.25) is 9.79 Å². The molecular weight excluding hydrogens is 374 g/mol. The van der Waals surface area contributed by atoms with Gasteiger partial charge in [-0.15, -0.1) is 0 Å². The van der Waals surface area contributed by atoms with Gasteiger partial charge in [0.05, 0.1) is 0 Å². The number of benzene rings is 2. The van der Waals surface area contributed by atoms with Crippen molar-refractivity contribution in [2.45, 2.75) is 27.3 Å². The number of guanidine groups is 1. The van der Waals surface area contributed by atoms with E-state index in [4.69, 9.17) is 0 Å². The van der Waals surface area contributed by atoms with Gasteiger partial charge < -0.3 is 20.4 Å². The van der Waals surface area contributed by atoms with Crippen LogP contribution in [0.25, 0.3) is 0 Å². The van der Waals surface area contributed by atoms with Crippen molar-refractivity contribution in [3.8, 4) is 0 Å². The van der Waals surface area contributed by atoms with Gasteiger partial charge in [-0.2, -0.15) is 0 Å². The number of carbonyl (C=O) groups is 1. The second kappa shape index (κ2) is 10.1. The summed E-state index contributed by atoms with van der Waals surface area (Å²) in [6, 6.07) is 14.2. The highest BCUT2D eigenvalue weighted by atomic mass is 16.1. The number of nitrogens with zero attached hydrogens (tertiary/aromatic N) is 3. The van der Waals surface area contributed by atoms with Gasteiger partial charge in [-0.05, 0) is 55.7 Å². The Bertz CT molecular complexity index is 883. The van der Waals surface area contributed by atoms with Crippen LogP contribution in [0.1, 0.15) is 34.0 Å². The topological polar surface area (TPSA) is 60.0 Å². The summed E-state index contributed by atoms with van der Waals surface area (Å²) < 4.78 is 0. The van der Waals surface area contributed by atoms with Crippen LogP contribution in [0, 0.1) is 13.8 Å². The maximum Gasteiger partial charge on any atom is 0.251 e. The molecule has 1 heterocycles. The third kappa shape index (κ3) is 5.12. The highest BCUT2D eigenvalue weighted by Crippen LogP contribution is 2.23. The zero-order valence-electron chi connectivity index (χ0n) is 18.5. The molecule has 0 aliphatic carbocycles. The molecule has 6 heteroatoms. The maximum absolute atomic E-state index is 11.9. The molecule has 160 valence electrons. The van der Waals surface area contributed by atoms with E-state index >= 15 is 0 Å². The van der Waals surface area contributed by atoms with E-state index in [1.165, 1.54) is 16.8 Å². The summed E-state index contributed by atoms with van der Waals surface area (Å²) in [5.41, 5.74) is 5.85. The number of rotatable bonds is 5. The number of hydrogen-bond acceptors (Lipinski definition) is 3. The van der Waals surface area contributed by atoms with Crippen LogP contribution in [0.4, 0.5) is 5.69 Å². The quantitative estimate of drug-likeness (QED) is 0.591. The lowest BCUT2D eigenvalue weighted by atomic mass is 10.1. The average Bonchev–Trinajstić information content (AvgIpc) is 2.77. The molecule has 0 spiro atoms. The number of anilines is 1. The molecule has 0 unspecified atom stereocenters. The molecule has 0 aromatic heterocycles. The monoisotopic (exact) mass is 407 g/mol. The van der Waals surface area contributed by atoms with Crippen molar-refractivity contribution in [2.24, 2.45) is 4.99 Å². The predicted octanol–water partition coefficient (Wildman–Crippen LogP) is 2.95. The number of aryl methyl sites for hydroxylation is 1. The average molecular weight is 408 g/mol. The summed E-state index contributed by atoms with van der Waals surface area (Å²) in [5, 5.41) is 6.28. The first-order valence-corrected chi connectivity index (χ1v) is 10.7. The fourth-order valence-electron chi connectivity index (χ4n) is 3.79. The zero-order chi connectivity index (χ0) is 21.5. The van der Waals surface area contributed by atoms with Gasteiger partial charge in [-0.25, -0.2) is 0 Å². The van der Waals surface area contributed by atoms with E-state index in [2.05, 4.69) is 57.5 Å². The van der Waals surface area contributed by atoms with Crippen molar-refractivity contribution >= 4 is 17.6 Å². The summed E-state index contributed by atoms with van der Waals surface area (Å²) in [4.78, 5) is 21.1. The summed E-state index contributed by atoms with van der Waals surface area (Å²) >= 11 is 0. The Labute approximate surface area is 180 Å². The maximum atomic E-state index is 11.9. The van der Waals surface area contributed by atoms with E-state index in [0.29, 0.717) is 18.7 Å². The number of hydrogen-bond donors (Lipinski definition) is 2. The van der Waals surface area contributed by atoms with Crippen molar-refractivity contribution in [3.05, 3.63) is 64.7 Å². The van der Waals surface area contributed by atoms with Gasteiger partial charge in [-0.1, -0.05) is 24.3 Å². The van der Waals surface area contributed by atoms with Crippen molar-refractivity contribution in [2.75, 3.05) is 44.7 Å². The van der Waals surface area contributed by atoms with Gasteiger partial charge in [0.1, 0.15) is 0 Å². The Balaban J connectivity index is 1.54. The smallest absolute Gasteiger partial charge is 0.251 e. The van der Waals surface area contributed by atoms with Crippen LogP contribution < -0.4 is 15.5 Å². The van der Waals surface area contributed by atoms with E-state index in [-0.39, 0.29) is 5.91 Å². The number of piperazine rings is 1. The second-order valence-corrected chi connectivity index (χ2v) is 7.65. The van der Waals surface area contributed by atoms with Crippen molar-refractivity contribution in [1.82, 2.24) is 15.5 Å². The Morgan fingerprint density at radius 2 is 1.70 bits per heavy atom. The SMILES string of the molecule is CCNC(=O)c1ccc(CNC(=NC)N2CCN(c3cccc(C)c3C)CC2)cc1. The van der Waals surface area contributed by atoms with Crippen LogP contribution in [0.3, 0.4) is 0 Å². The first-order chi connectivity index (χ1) is 14.5. The molecule has 2 N–H and O–H groups in total. The summed E-state index contributed by atoms with van der Waals surface area (Å²) in [6.07, 6.45) is 0. The summed E-state index contributed by atoms with van der Waals surface area (Å²) in [5.74, 6) is 0.887. The molecule has 1 amide bonds. The third-order valence-corrected chi connectivity index (χ3v) is 5.71. The molecule has 6 nitrogen and oxygen atoms in total. The Hall–Kier alpha value is -3.02. The fraction of sp³-hybridized carbons (Fsp3) is 0.417. The third-order valence-electron chi connectivity index (χ3n) is 5.71.